The van der Waals surface area contributed by atoms with E-state index < -0.39 is 0 Å². The Morgan fingerprint density at radius 1 is 1.29 bits per heavy atom. The van der Waals surface area contributed by atoms with Crippen molar-refractivity contribution in [2.75, 3.05) is 13.2 Å². The maximum absolute atomic E-state index is 12.1. The summed E-state index contributed by atoms with van der Waals surface area (Å²) in [5.74, 6) is 0.375. The quantitative estimate of drug-likeness (QED) is 0.923. The van der Waals surface area contributed by atoms with Crippen LogP contribution in [0.5, 0.6) is 5.75 Å². The lowest BCUT2D eigenvalue weighted by Gasteiger charge is -2.14. The number of hydrogen-bond donors (Lipinski definition) is 1. The molecule has 0 unspecified atom stereocenters. The summed E-state index contributed by atoms with van der Waals surface area (Å²) in [6.45, 7) is 2.90. The minimum atomic E-state index is -0.126. The summed E-state index contributed by atoms with van der Waals surface area (Å²) in [5, 5.41) is 3.35. The molecule has 0 bridgehead atoms. The van der Waals surface area contributed by atoms with Crippen molar-refractivity contribution in [1.29, 1.82) is 0 Å². The lowest BCUT2D eigenvalue weighted by Crippen LogP contribution is -2.24. The molecule has 0 aromatic heterocycles. The van der Waals surface area contributed by atoms with Crippen LogP contribution in [0.3, 0.4) is 0 Å². The minimum absolute atomic E-state index is 0.126. The fourth-order valence-electron chi connectivity index (χ4n) is 2.50. The van der Waals surface area contributed by atoms with Crippen molar-refractivity contribution in [2.45, 2.75) is 13.3 Å². The second-order valence-electron chi connectivity index (χ2n) is 5.12. The van der Waals surface area contributed by atoms with Crippen LogP contribution in [0.4, 0.5) is 0 Å². The number of carbonyl (C=O) groups excluding carboxylic acids is 1. The Hall–Kier alpha value is -2.00. The van der Waals surface area contributed by atoms with Crippen molar-refractivity contribution in [3.8, 4) is 5.75 Å². The van der Waals surface area contributed by atoms with Crippen LogP contribution in [0.15, 0.2) is 36.4 Å². The summed E-state index contributed by atoms with van der Waals surface area (Å²) in [5.41, 5.74) is 3.72. The van der Waals surface area contributed by atoms with Crippen molar-refractivity contribution in [2.24, 2.45) is 0 Å². The largest absolute Gasteiger partial charge is 0.489 e. The van der Waals surface area contributed by atoms with Gasteiger partial charge in [0, 0.05) is 0 Å². The van der Waals surface area contributed by atoms with Gasteiger partial charge in [-0.3, -0.25) is 4.79 Å². The molecule has 2 aromatic carbocycles. The number of ether oxygens (including phenoxy) is 1. The molecule has 0 radical (unpaired) electrons. The van der Waals surface area contributed by atoms with Gasteiger partial charge in [0.1, 0.15) is 6.61 Å². The number of carbonyl (C=O) groups is 1. The highest BCUT2D eigenvalue weighted by molar-refractivity contribution is 6.33. The van der Waals surface area contributed by atoms with Gasteiger partial charge >= 0.3 is 0 Å². The van der Waals surface area contributed by atoms with Gasteiger partial charge in [-0.1, -0.05) is 41.9 Å². The van der Waals surface area contributed by atoms with Gasteiger partial charge in [-0.25, -0.2) is 0 Å². The van der Waals surface area contributed by atoms with Gasteiger partial charge in [0.25, 0.3) is 5.91 Å². The van der Waals surface area contributed by atoms with Crippen LogP contribution < -0.4 is 10.1 Å². The summed E-state index contributed by atoms with van der Waals surface area (Å²) in [6, 6.07) is 12.0. The van der Waals surface area contributed by atoms with E-state index in [0.29, 0.717) is 29.5 Å². The fourth-order valence-corrected chi connectivity index (χ4v) is 2.78. The highest BCUT2D eigenvalue weighted by Gasteiger charge is 2.22. The Labute approximate surface area is 128 Å². The van der Waals surface area contributed by atoms with E-state index in [0.717, 1.165) is 17.5 Å². The Balaban J connectivity index is 2.06. The van der Waals surface area contributed by atoms with Gasteiger partial charge in [0.2, 0.25) is 0 Å². The van der Waals surface area contributed by atoms with Crippen LogP contribution in [0.2, 0.25) is 5.02 Å². The van der Waals surface area contributed by atoms with E-state index in [2.05, 4.69) is 17.4 Å². The monoisotopic (exact) mass is 301 g/mol. The number of benzene rings is 2. The molecule has 1 amide bonds. The summed E-state index contributed by atoms with van der Waals surface area (Å²) in [6.07, 6.45) is 0.743. The number of fused-ring (bicyclic) bond motifs is 1. The van der Waals surface area contributed by atoms with E-state index in [1.165, 1.54) is 5.56 Å². The standard InChI is InChI=1S/C17H16ClNO2/c1-11-13(9-12-5-3-2-4-6-12)10-14-16(15(11)18)21-8-7-19-17(14)20/h2-6,10H,7-9H2,1H3,(H,19,20). The molecular weight excluding hydrogens is 286 g/mol. The molecule has 1 aliphatic rings. The number of amides is 1. The average Bonchev–Trinajstić information content (AvgIpc) is 2.68. The normalized spacial score (nSPS) is 13.9. The molecule has 1 N–H and O–H groups in total. The summed E-state index contributed by atoms with van der Waals surface area (Å²) in [4.78, 5) is 12.1. The summed E-state index contributed by atoms with van der Waals surface area (Å²) in [7, 11) is 0. The summed E-state index contributed by atoms with van der Waals surface area (Å²) < 4.78 is 5.62. The van der Waals surface area contributed by atoms with E-state index in [9.17, 15) is 4.79 Å². The molecule has 3 rings (SSSR count). The third-order valence-electron chi connectivity index (χ3n) is 3.69. The van der Waals surface area contributed by atoms with Crippen molar-refractivity contribution in [3.05, 3.63) is 63.7 Å². The average molecular weight is 302 g/mol. The first-order chi connectivity index (χ1) is 10.2. The zero-order chi connectivity index (χ0) is 14.8. The van der Waals surface area contributed by atoms with Crippen LogP contribution in [0.1, 0.15) is 27.0 Å². The van der Waals surface area contributed by atoms with Crippen molar-refractivity contribution >= 4 is 17.5 Å². The highest BCUT2D eigenvalue weighted by Crippen LogP contribution is 2.36. The maximum Gasteiger partial charge on any atom is 0.255 e. The molecule has 0 saturated heterocycles. The molecule has 21 heavy (non-hydrogen) atoms. The van der Waals surface area contributed by atoms with Crippen LogP contribution in [0, 0.1) is 6.92 Å². The molecule has 0 fully saturated rings. The molecule has 1 aliphatic heterocycles. The second kappa shape index (κ2) is 5.78. The van der Waals surface area contributed by atoms with Crippen LogP contribution in [-0.4, -0.2) is 19.1 Å². The maximum atomic E-state index is 12.1. The van der Waals surface area contributed by atoms with Crippen LogP contribution in [-0.2, 0) is 6.42 Å². The van der Waals surface area contributed by atoms with Gasteiger partial charge in [0.15, 0.2) is 5.75 Å². The molecule has 0 atom stereocenters. The zero-order valence-electron chi connectivity index (χ0n) is 11.8. The zero-order valence-corrected chi connectivity index (χ0v) is 12.5. The van der Waals surface area contributed by atoms with E-state index >= 15 is 0 Å². The highest BCUT2D eigenvalue weighted by atomic mass is 35.5. The molecule has 108 valence electrons. The van der Waals surface area contributed by atoms with Gasteiger partial charge < -0.3 is 10.1 Å². The van der Waals surface area contributed by atoms with E-state index in [1.54, 1.807) is 0 Å². The second-order valence-corrected chi connectivity index (χ2v) is 5.50. The Bertz CT molecular complexity index is 683. The van der Waals surface area contributed by atoms with Crippen molar-refractivity contribution < 1.29 is 9.53 Å². The number of hydrogen-bond acceptors (Lipinski definition) is 2. The number of halogens is 1. The molecule has 4 heteroatoms. The summed E-state index contributed by atoms with van der Waals surface area (Å²) >= 11 is 6.42. The lowest BCUT2D eigenvalue weighted by atomic mass is 9.97. The fraction of sp³-hybridized carbons (Fsp3) is 0.235. The molecule has 0 spiro atoms. The van der Waals surface area contributed by atoms with E-state index in [4.69, 9.17) is 16.3 Å². The Kier molecular flexibility index (Phi) is 3.84. The van der Waals surface area contributed by atoms with Gasteiger partial charge in [-0.2, -0.15) is 0 Å². The predicted octanol–water partition coefficient (Wildman–Crippen LogP) is 3.36. The number of rotatable bonds is 2. The molecule has 3 nitrogen and oxygen atoms in total. The van der Waals surface area contributed by atoms with Crippen LogP contribution in [0.25, 0.3) is 0 Å². The lowest BCUT2D eigenvalue weighted by molar-refractivity contribution is 0.0957. The van der Waals surface area contributed by atoms with E-state index in [1.807, 2.05) is 31.2 Å². The first-order valence-electron chi connectivity index (χ1n) is 6.93. The number of nitrogens with one attached hydrogen (secondary N) is 1. The minimum Gasteiger partial charge on any atom is -0.489 e. The van der Waals surface area contributed by atoms with Crippen molar-refractivity contribution in [1.82, 2.24) is 5.32 Å². The third kappa shape index (κ3) is 2.74. The Morgan fingerprint density at radius 2 is 2.05 bits per heavy atom. The Morgan fingerprint density at radius 3 is 2.81 bits per heavy atom. The SMILES string of the molecule is Cc1c(Cc2ccccc2)cc2c(c1Cl)OCCNC2=O. The third-order valence-corrected chi connectivity index (χ3v) is 4.14. The van der Waals surface area contributed by atoms with Gasteiger partial charge in [-0.15, -0.1) is 0 Å². The smallest absolute Gasteiger partial charge is 0.255 e. The van der Waals surface area contributed by atoms with Crippen molar-refractivity contribution in [3.63, 3.8) is 0 Å². The molecule has 2 aromatic rings. The molecule has 0 aliphatic carbocycles. The first-order valence-corrected chi connectivity index (χ1v) is 7.31. The van der Waals surface area contributed by atoms with Gasteiger partial charge in [-0.05, 0) is 36.1 Å². The van der Waals surface area contributed by atoms with Gasteiger partial charge in [0.05, 0.1) is 17.1 Å². The molecule has 1 heterocycles. The molecular formula is C17H16ClNO2. The topological polar surface area (TPSA) is 38.3 Å². The predicted molar refractivity (Wildman–Crippen MR) is 83.3 cm³/mol. The molecule has 0 saturated carbocycles. The first kappa shape index (κ1) is 14.0. The van der Waals surface area contributed by atoms with Crippen LogP contribution >= 0.6 is 11.6 Å². The van der Waals surface area contributed by atoms with E-state index in [-0.39, 0.29) is 5.91 Å².